The molecule has 4 heteroatoms. The maximum absolute atomic E-state index is 11.9. The van der Waals surface area contributed by atoms with Crippen LogP contribution in [0.25, 0.3) is 0 Å². The summed E-state index contributed by atoms with van der Waals surface area (Å²) in [6.45, 7) is 6.47. The third-order valence-corrected chi connectivity index (χ3v) is 5.15. The van der Waals surface area contributed by atoms with Gasteiger partial charge in [-0.3, -0.25) is 4.79 Å². The minimum atomic E-state index is -0.607. The highest BCUT2D eigenvalue weighted by Crippen LogP contribution is 2.29. The lowest BCUT2D eigenvalue weighted by Crippen LogP contribution is -2.53. The molecule has 0 bridgehead atoms. The molecule has 20 heavy (non-hydrogen) atoms. The van der Waals surface area contributed by atoms with Gasteiger partial charge in [-0.15, -0.1) is 0 Å². The summed E-state index contributed by atoms with van der Waals surface area (Å²) in [5.74, 6) is 0.685. The van der Waals surface area contributed by atoms with E-state index in [4.69, 9.17) is 4.74 Å². The van der Waals surface area contributed by atoms with Crippen LogP contribution in [0.2, 0.25) is 0 Å². The second-order valence-corrected chi connectivity index (χ2v) is 6.71. The topological polar surface area (TPSA) is 41.6 Å². The predicted molar refractivity (Wildman–Crippen MR) is 82.7 cm³/mol. The van der Waals surface area contributed by atoms with E-state index in [1.165, 1.54) is 32.8 Å². The lowest BCUT2D eigenvalue weighted by Gasteiger charge is -2.40. The van der Waals surface area contributed by atoms with Crippen molar-refractivity contribution in [2.45, 2.75) is 70.5 Å². The summed E-state index contributed by atoms with van der Waals surface area (Å²) in [4.78, 5) is 14.4. The zero-order chi connectivity index (χ0) is 15.3. The summed E-state index contributed by atoms with van der Waals surface area (Å²) < 4.78 is 4.93. The van der Waals surface area contributed by atoms with Gasteiger partial charge in [-0.2, -0.15) is 0 Å². The van der Waals surface area contributed by atoms with Crippen LogP contribution in [0, 0.1) is 5.92 Å². The summed E-state index contributed by atoms with van der Waals surface area (Å²) in [5.41, 5.74) is -0.607. The van der Waals surface area contributed by atoms with Crippen LogP contribution >= 0.6 is 0 Å². The molecule has 0 aromatic carbocycles. The van der Waals surface area contributed by atoms with E-state index in [0.717, 1.165) is 12.3 Å². The molecule has 2 unspecified atom stereocenters. The van der Waals surface area contributed by atoms with Crippen LogP contribution in [0.4, 0.5) is 0 Å². The first-order valence-corrected chi connectivity index (χ1v) is 7.83. The average molecular weight is 284 g/mol. The Hall–Kier alpha value is -0.610. The lowest BCUT2D eigenvalue weighted by molar-refractivity contribution is -0.148. The third kappa shape index (κ3) is 4.19. The van der Waals surface area contributed by atoms with Gasteiger partial charge in [0.1, 0.15) is 5.54 Å². The minimum absolute atomic E-state index is 0.183. The van der Waals surface area contributed by atoms with E-state index < -0.39 is 5.54 Å². The van der Waals surface area contributed by atoms with E-state index in [1.54, 1.807) is 0 Å². The number of methoxy groups -OCH3 is 1. The highest BCUT2D eigenvalue weighted by atomic mass is 16.5. The van der Waals surface area contributed by atoms with Crippen LogP contribution in [0.3, 0.4) is 0 Å². The molecule has 1 saturated carbocycles. The SMILES string of the molecule is CNC(C)(CC(C)N(C)C1CCC(C)CC1)C(=O)OC. The van der Waals surface area contributed by atoms with Gasteiger partial charge in [-0.25, -0.2) is 0 Å². The Labute approximate surface area is 124 Å². The van der Waals surface area contributed by atoms with E-state index in [-0.39, 0.29) is 5.97 Å². The smallest absolute Gasteiger partial charge is 0.325 e. The van der Waals surface area contributed by atoms with Crippen LogP contribution < -0.4 is 5.32 Å². The molecule has 0 radical (unpaired) electrons. The van der Waals surface area contributed by atoms with Gasteiger partial charge in [0.15, 0.2) is 0 Å². The van der Waals surface area contributed by atoms with E-state index in [1.807, 2.05) is 14.0 Å². The quantitative estimate of drug-likeness (QED) is 0.761. The van der Waals surface area contributed by atoms with Gasteiger partial charge in [-0.1, -0.05) is 6.92 Å². The Bertz CT molecular complexity index is 314. The van der Waals surface area contributed by atoms with E-state index in [9.17, 15) is 4.79 Å². The van der Waals surface area contributed by atoms with Crippen molar-refractivity contribution in [3.05, 3.63) is 0 Å². The second-order valence-electron chi connectivity index (χ2n) is 6.71. The predicted octanol–water partition coefficient (Wildman–Crippen LogP) is 2.43. The van der Waals surface area contributed by atoms with E-state index >= 15 is 0 Å². The number of hydrogen-bond acceptors (Lipinski definition) is 4. The van der Waals surface area contributed by atoms with Crippen molar-refractivity contribution in [2.24, 2.45) is 5.92 Å². The number of nitrogens with one attached hydrogen (secondary N) is 1. The van der Waals surface area contributed by atoms with Crippen LogP contribution in [0.1, 0.15) is 52.9 Å². The van der Waals surface area contributed by atoms with E-state index in [0.29, 0.717) is 12.1 Å². The summed E-state index contributed by atoms with van der Waals surface area (Å²) in [7, 11) is 5.47. The summed E-state index contributed by atoms with van der Waals surface area (Å²) in [5, 5.41) is 3.12. The molecule has 1 aliphatic carbocycles. The number of carbonyl (C=O) groups excluding carboxylic acids is 1. The molecule has 118 valence electrons. The molecule has 1 fully saturated rings. The van der Waals surface area contributed by atoms with Gasteiger partial charge in [0.2, 0.25) is 0 Å². The van der Waals surface area contributed by atoms with Crippen LogP contribution in [-0.2, 0) is 9.53 Å². The highest BCUT2D eigenvalue weighted by Gasteiger charge is 2.36. The van der Waals surface area contributed by atoms with Gasteiger partial charge >= 0.3 is 5.97 Å². The summed E-state index contributed by atoms with van der Waals surface area (Å²) in [6, 6.07) is 1.00. The number of nitrogens with zero attached hydrogens (tertiary/aromatic N) is 1. The molecule has 0 aliphatic heterocycles. The highest BCUT2D eigenvalue weighted by molar-refractivity contribution is 5.80. The van der Waals surface area contributed by atoms with Gasteiger partial charge in [0, 0.05) is 12.1 Å². The van der Waals surface area contributed by atoms with Crippen LogP contribution in [0.15, 0.2) is 0 Å². The molecule has 4 nitrogen and oxygen atoms in total. The van der Waals surface area contributed by atoms with Crippen molar-refractivity contribution in [3.8, 4) is 0 Å². The molecule has 0 aromatic rings. The Morgan fingerprint density at radius 3 is 2.40 bits per heavy atom. The second kappa shape index (κ2) is 7.41. The Morgan fingerprint density at radius 2 is 1.95 bits per heavy atom. The van der Waals surface area contributed by atoms with Crippen molar-refractivity contribution in [3.63, 3.8) is 0 Å². The van der Waals surface area contributed by atoms with Crippen molar-refractivity contribution < 1.29 is 9.53 Å². The molecular formula is C16H32N2O2. The third-order valence-electron chi connectivity index (χ3n) is 5.15. The molecule has 0 saturated heterocycles. The maximum Gasteiger partial charge on any atom is 0.325 e. The number of esters is 1. The van der Waals surface area contributed by atoms with Gasteiger partial charge in [0.25, 0.3) is 0 Å². The van der Waals surface area contributed by atoms with Gasteiger partial charge in [-0.05, 0) is 66.0 Å². The van der Waals surface area contributed by atoms with Crippen molar-refractivity contribution in [2.75, 3.05) is 21.2 Å². The monoisotopic (exact) mass is 284 g/mol. The lowest BCUT2D eigenvalue weighted by atomic mass is 9.85. The largest absolute Gasteiger partial charge is 0.468 e. The first kappa shape index (κ1) is 17.4. The summed E-state index contributed by atoms with van der Waals surface area (Å²) >= 11 is 0. The molecule has 1 aliphatic rings. The average Bonchev–Trinajstić information content (AvgIpc) is 2.46. The van der Waals surface area contributed by atoms with E-state index in [2.05, 4.69) is 31.1 Å². The number of carbonyl (C=O) groups is 1. The molecule has 0 spiro atoms. The normalized spacial score (nSPS) is 27.9. The summed E-state index contributed by atoms with van der Waals surface area (Å²) in [6.07, 6.45) is 5.95. The van der Waals surface area contributed by atoms with Gasteiger partial charge < -0.3 is 15.0 Å². The molecule has 2 atom stereocenters. The molecule has 0 amide bonds. The maximum atomic E-state index is 11.9. The van der Waals surface area contributed by atoms with Crippen LogP contribution in [-0.4, -0.2) is 49.7 Å². The number of ether oxygens (including phenoxy) is 1. The van der Waals surface area contributed by atoms with Crippen molar-refractivity contribution >= 4 is 5.97 Å². The van der Waals surface area contributed by atoms with Crippen molar-refractivity contribution in [1.29, 1.82) is 0 Å². The van der Waals surface area contributed by atoms with Crippen LogP contribution in [0.5, 0.6) is 0 Å². The van der Waals surface area contributed by atoms with Crippen molar-refractivity contribution in [1.82, 2.24) is 10.2 Å². The number of rotatable bonds is 6. The molecule has 1 rings (SSSR count). The minimum Gasteiger partial charge on any atom is -0.468 e. The number of hydrogen-bond donors (Lipinski definition) is 1. The molecule has 0 heterocycles. The fraction of sp³-hybridized carbons (Fsp3) is 0.938. The molecule has 1 N–H and O–H groups in total. The Kier molecular flexibility index (Phi) is 6.46. The number of likely N-dealkylation sites (N-methyl/N-ethyl adjacent to an activating group) is 1. The van der Waals surface area contributed by atoms with Gasteiger partial charge in [0.05, 0.1) is 7.11 Å². The zero-order valence-corrected chi connectivity index (χ0v) is 14.0. The first-order valence-electron chi connectivity index (χ1n) is 7.83. The fourth-order valence-corrected chi connectivity index (χ4v) is 3.26. The Morgan fingerprint density at radius 1 is 1.40 bits per heavy atom. The Balaban J connectivity index is 2.60. The molecule has 0 aromatic heterocycles. The first-order chi connectivity index (χ1) is 9.34. The zero-order valence-electron chi connectivity index (χ0n) is 14.0. The fourth-order valence-electron chi connectivity index (χ4n) is 3.26. The standard InChI is InChI=1S/C16H32N2O2/c1-12-7-9-14(10-8-12)18(5)13(2)11-16(3,17-4)15(19)20-6/h12-14,17H,7-11H2,1-6H3. The molecular weight excluding hydrogens is 252 g/mol.